The zero-order valence-electron chi connectivity index (χ0n) is 19.2. The van der Waals surface area contributed by atoms with Crippen LogP contribution in [0, 0.1) is 0 Å². The molecule has 0 spiro atoms. The van der Waals surface area contributed by atoms with Crippen LogP contribution in [-0.4, -0.2) is 18.2 Å². The van der Waals surface area contributed by atoms with Crippen molar-refractivity contribution in [2.75, 3.05) is 18.2 Å². The lowest BCUT2D eigenvalue weighted by Crippen LogP contribution is -2.14. The Morgan fingerprint density at radius 3 is 2.61 bits per heavy atom. The van der Waals surface area contributed by atoms with E-state index in [0.29, 0.717) is 11.1 Å². The van der Waals surface area contributed by atoms with Gasteiger partial charge in [-0.3, -0.25) is 0 Å². The Morgan fingerprint density at radius 1 is 0.970 bits per heavy atom. The van der Waals surface area contributed by atoms with Crippen LogP contribution >= 0.6 is 23.4 Å². The quantitative estimate of drug-likeness (QED) is 0.283. The topological polar surface area (TPSA) is 30.5 Å². The molecular weight excluding hydrogens is 450 g/mol. The molecule has 174 valence electrons. The van der Waals surface area contributed by atoms with E-state index in [-0.39, 0.29) is 0 Å². The average molecular weight is 482 g/mol. The number of ether oxygens (including phenoxy) is 2. The summed E-state index contributed by atoms with van der Waals surface area (Å²) in [5.74, 6) is 4.79. The van der Waals surface area contributed by atoms with Gasteiger partial charge in [0.25, 0.3) is 0 Å². The molecule has 0 radical (unpaired) electrons. The van der Waals surface area contributed by atoms with Crippen LogP contribution in [0.15, 0.2) is 66.7 Å². The summed E-state index contributed by atoms with van der Waals surface area (Å²) in [6, 6.07) is 23.1. The molecule has 1 fully saturated rings. The zero-order chi connectivity index (χ0) is 22.9. The molecule has 1 N–H and O–H groups in total. The van der Waals surface area contributed by atoms with E-state index in [4.69, 9.17) is 21.1 Å². The summed E-state index contributed by atoms with van der Waals surface area (Å²) in [7, 11) is 0. The average Bonchev–Trinajstić information content (AvgIpc) is 3.37. The minimum absolute atomic E-state index is 0.502. The molecule has 4 rings (SSSR count). The Hall–Kier alpha value is -2.14. The van der Waals surface area contributed by atoms with E-state index in [1.54, 1.807) is 0 Å². The second-order valence-electron chi connectivity index (χ2n) is 8.40. The van der Waals surface area contributed by atoms with Crippen molar-refractivity contribution in [2.45, 2.75) is 45.1 Å². The monoisotopic (exact) mass is 481 g/mol. The zero-order valence-corrected chi connectivity index (χ0v) is 20.8. The van der Waals surface area contributed by atoms with Crippen molar-refractivity contribution >= 4 is 23.4 Å². The van der Waals surface area contributed by atoms with Crippen LogP contribution in [0.4, 0.5) is 0 Å². The van der Waals surface area contributed by atoms with E-state index in [2.05, 4.69) is 42.6 Å². The number of unbranched alkanes of at least 4 members (excludes halogenated alkanes) is 1. The molecule has 1 heterocycles. The first-order valence-corrected chi connectivity index (χ1v) is 13.3. The van der Waals surface area contributed by atoms with E-state index in [0.717, 1.165) is 61.8 Å². The number of rotatable bonds is 11. The van der Waals surface area contributed by atoms with Crippen molar-refractivity contribution in [2.24, 2.45) is 0 Å². The van der Waals surface area contributed by atoms with Gasteiger partial charge in [-0.2, -0.15) is 0 Å². The van der Waals surface area contributed by atoms with Crippen molar-refractivity contribution in [3.8, 4) is 17.2 Å². The maximum atomic E-state index is 6.17. The molecule has 1 saturated heterocycles. The van der Waals surface area contributed by atoms with Crippen molar-refractivity contribution in [1.82, 2.24) is 5.32 Å². The van der Waals surface area contributed by atoms with Gasteiger partial charge in [-0.05, 0) is 84.8 Å². The number of benzene rings is 3. The summed E-state index contributed by atoms with van der Waals surface area (Å²) in [5.41, 5.74) is 4.03. The van der Waals surface area contributed by atoms with Gasteiger partial charge in [-0.25, -0.2) is 0 Å². The summed E-state index contributed by atoms with van der Waals surface area (Å²) in [6.45, 7) is 2.92. The van der Waals surface area contributed by atoms with Gasteiger partial charge >= 0.3 is 0 Å². The SMILES string of the molecule is CCCc1cc(Oc2ccc(Cl)cc2)ccc1OCCCCc1cccc(C2CSCN2)c1. The highest BCUT2D eigenvalue weighted by atomic mass is 35.5. The molecule has 0 saturated carbocycles. The molecule has 3 aromatic rings. The summed E-state index contributed by atoms with van der Waals surface area (Å²) >= 11 is 7.94. The van der Waals surface area contributed by atoms with Gasteiger partial charge in [-0.15, -0.1) is 11.8 Å². The highest BCUT2D eigenvalue weighted by Crippen LogP contribution is 2.30. The molecular formula is C28H32ClNO2S. The minimum Gasteiger partial charge on any atom is -0.493 e. The van der Waals surface area contributed by atoms with E-state index in [1.807, 2.05) is 48.2 Å². The number of aryl methyl sites for hydroxylation is 2. The van der Waals surface area contributed by atoms with Crippen LogP contribution in [0.25, 0.3) is 0 Å². The van der Waals surface area contributed by atoms with Gasteiger partial charge in [0, 0.05) is 22.7 Å². The van der Waals surface area contributed by atoms with Crippen molar-refractivity contribution in [3.05, 3.63) is 88.4 Å². The van der Waals surface area contributed by atoms with E-state index in [1.165, 1.54) is 22.4 Å². The maximum Gasteiger partial charge on any atom is 0.127 e. The molecule has 3 nitrogen and oxygen atoms in total. The van der Waals surface area contributed by atoms with E-state index in [9.17, 15) is 0 Å². The van der Waals surface area contributed by atoms with Crippen LogP contribution in [0.3, 0.4) is 0 Å². The number of nitrogens with one attached hydrogen (secondary N) is 1. The standard InChI is InChI=1S/C28H32ClNO2S/c1-2-6-23-18-26(32-25-12-10-24(29)11-13-25)14-15-28(23)31-16-4-3-7-21-8-5-9-22(17-21)27-19-33-20-30-27/h5,8-15,17-18,27,30H,2-4,6-7,16,19-20H2,1H3. The third-order valence-corrected chi connectivity index (χ3v) is 6.98. The predicted octanol–water partition coefficient (Wildman–Crippen LogP) is 7.82. The molecule has 1 atom stereocenters. The first-order chi connectivity index (χ1) is 16.2. The lowest BCUT2D eigenvalue weighted by Gasteiger charge is -2.14. The molecule has 5 heteroatoms. The molecule has 33 heavy (non-hydrogen) atoms. The Bertz CT molecular complexity index is 1020. The number of halogens is 1. The van der Waals surface area contributed by atoms with Gasteiger partial charge in [0.2, 0.25) is 0 Å². The van der Waals surface area contributed by atoms with Crippen LogP contribution in [0.5, 0.6) is 17.2 Å². The van der Waals surface area contributed by atoms with Crippen molar-refractivity contribution < 1.29 is 9.47 Å². The second-order valence-corrected chi connectivity index (χ2v) is 9.86. The summed E-state index contributed by atoms with van der Waals surface area (Å²) in [4.78, 5) is 0. The largest absolute Gasteiger partial charge is 0.493 e. The van der Waals surface area contributed by atoms with Crippen LogP contribution in [0.1, 0.15) is 48.9 Å². The van der Waals surface area contributed by atoms with Gasteiger partial charge < -0.3 is 14.8 Å². The lowest BCUT2D eigenvalue weighted by molar-refractivity contribution is 0.303. The molecule has 1 unspecified atom stereocenters. The number of thioether (sulfide) groups is 1. The smallest absolute Gasteiger partial charge is 0.127 e. The molecule has 0 aliphatic carbocycles. The van der Waals surface area contributed by atoms with Gasteiger partial charge in [-0.1, -0.05) is 49.2 Å². The van der Waals surface area contributed by atoms with Crippen molar-refractivity contribution in [1.29, 1.82) is 0 Å². The first kappa shape index (κ1) is 24.0. The fraction of sp³-hybridized carbons (Fsp3) is 0.357. The van der Waals surface area contributed by atoms with Crippen LogP contribution in [-0.2, 0) is 12.8 Å². The van der Waals surface area contributed by atoms with Crippen molar-refractivity contribution in [3.63, 3.8) is 0 Å². The molecule has 0 aromatic heterocycles. The summed E-state index contributed by atoms with van der Waals surface area (Å²) in [5, 5.41) is 4.26. The molecule has 3 aromatic carbocycles. The Balaban J connectivity index is 1.27. The molecule has 1 aliphatic heterocycles. The van der Waals surface area contributed by atoms with Gasteiger partial charge in [0.05, 0.1) is 6.61 Å². The third kappa shape index (κ3) is 7.17. The number of hydrogen-bond donors (Lipinski definition) is 1. The van der Waals surface area contributed by atoms with Crippen LogP contribution < -0.4 is 14.8 Å². The highest BCUT2D eigenvalue weighted by Gasteiger charge is 2.16. The third-order valence-electron chi connectivity index (χ3n) is 5.79. The van der Waals surface area contributed by atoms with Gasteiger partial charge in [0.15, 0.2) is 0 Å². The normalized spacial score (nSPS) is 15.5. The van der Waals surface area contributed by atoms with Crippen LogP contribution in [0.2, 0.25) is 5.02 Å². The van der Waals surface area contributed by atoms with E-state index < -0.39 is 0 Å². The fourth-order valence-electron chi connectivity index (χ4n) is 4.05. The summed E-state index contributed by atoms with van der Waals surface area (Å²) in [6.07, 6.45) is 5.28. The van der Waals surface area contributed by atoms with Gasteiger partial charge in [0.1, 0.15) is 17.2 Å². The predicted molar refractivity (Wildman–Crippen MR) is 140 cm³/mol. The Labute approximate surface area is 206 Å². The highest BCUT2D eigenvalue weighted by molar-refractivity contribution is 7.99. The maximum absolute atomic E-state index is 6.17. The molecule has 1 aliphatic rings. The molecule has 0 amide bonds. The lowest BCUT2D eigenvalue weighted by atomic mass is 10.0. The van der Waals surface area contributed by atoms with E-state index >= 15 is 0 Å². The minimum atomic E-state index is 0.502. The second kappa shape index (κ2) is 12.4. The Kier molecular flexibility index (Phi) is 8.99. The molecule has 0 bridgehead atoms. The number of hydrogen-bond acceptors (Lipinski definition) is 4. The summed E-state index contributed by atoms with van der Waals surface area (Å²) < 4.78 is 12.2. The fourth-order valence-corrected chi connectivity index (χ4v) is 5.16. The Morgan fingerprint density at radius 2 is 1.82 bits per heavy atom. The first-order valence-electron chi connectivity index (χ1n) is 11.8.